The highest BCUT2D eigenvalue weighted by atomic mass is 16.5. The first-order valence-electron chi connectivity index (χ1n) is 10.5. The van der Waals surface area contributed by atoms with Gasteiger partial charge in [0, 0.05) is 36.6 Å². The normalized spacial score (nSPS) is 15.1. The van der Waals surface area contributed by atoms with Gasteiger partial charge in [-0.2, -0.15) is 0 Å². The molecular formula is C24H35N3O. The number of methoxy groups -OCH3 is 1. The first-order chi connectivity index (χ1) is 13.6. The summed E-state index contributed by atoms with van der Waals surface area (Å²) in [6.45, 7) is 6.60. The highest BCUT2D eigenvalue weighted by Crippen LogP contribution is 2.35. The fraction of sp³-hybridized carbons (Fsp3) is 0.500. The summed E-state index contributed by atoms with van der Waals surface area (Å²) >= 11 is 0. The molecule has 1 heterocycles. The summed E-state index contributed by atoms with van der Waals surface area (Å²) in [5.74, 6) is 0.903. The van der Waals surface area contributed by atoms with E-state index in [1.165, 1.54) is 35.3 Å². The van der Waals surface area contributed by atoms with Crippen LogP contribution in [0.15, 0.2) is 36.4 Å². The van der Waals surface area contributed by atoms with Crippen molar-refractivity contribution in [3.63, 3.8) is 0 Å². The number of rotatable bonds is 7. The van der Waals surface area contributed by atoms with E-state index < -0.39 is 0 Å². The van der Waals surface area contributed by atoms with Gasteiger partial charge in [0.2, 0.25) is 0 Å². The fourth-order valence-corrected chi connectivity index (χ4v) is 4.16. The molecule has 3 rings (SSSR count). The molecule has 1 aliphatic rings. The summed E-state index contributed by atoms with van der Waals surface area (Å²) in [5, 5.41) is 3.66. The highest BCUT2D eigenvalue weighted by molar-refractivity contribution is 5.74. The molecule has 4 nitrogen and oxygen atoms in total. The van der Waals surface area contributed by atoms with Crippen LogP contribution in [0.4, 0.5) is 17.1 Å². The lowest BCUT2D eigenvalue weighted by atomic mass is 10.0. The Bertz CT molecular complexity index is 757. The lowest BCUT2D eigenvalue weighted by Gasteiger charge is -2.36. The molecule has 0 radical (unpaired) electrons. The predicted octanol–water partition coefficient (Wildman–Crippen LogP) is 5.09. The number of nitrogens with zero attached hydrogens (tertiary/aromatic N) is 2. The lowest BCUT2D eigenvalue weighted by Crippen LogP contribution is -2.41. The maximum absolute atomic E-state index is 5.76. The maximum Gasteiger partial charge on any atom is 0.144 e. The van der Waals surface area contributed by atoms with Gasteiger partial charge in [-0.25, -0.2) is 0 Å². The average molecular weight is 382 g/mol. The van der Waals surface area contributed by atoms with Crippen molar-refractivity contribution in [3.05, 3.63) is 47.5 Å². The molecule has 4 heteroatoms. The largest absolute Gasteiger partial charge is 0.494 e. The number of aryl methyl sites for hydroxylation is 2. The Kier molecular flexibility index (Phi) is 6.84. The molecule has 0 aliphatic carbocycles. The van der Waals surface area contributed by atoms with Crippen LogP contribution in [0.1, 0.15) is 37.8 Å². The van der Waals surface area contributed by atoms with Gasteiger partial charge in [-0.05, 0) is 63.0 Å². The third-order valence-electron chi connectivity index (χ3n) is 6.00. The Morgan fingerprint density at radius 1 is 1.04 bits per heavy atom. The highest BCUT2D eigenvalue weighted by Gasteiger charge is 2.21. The number of para-hydroxylation sites is 1. The minimum Gasteiger partial charge on any atom is -0.494 e. The molecule has 2 aromatic carbocycles. The molecule has 1 fully saturated rings. The second-order valence-corrected chi connectivity index (χ2v) is 7.85. The van der Waals surface area contributed by atoms with Crippen LogP contribution in [-0.2, 0) is 12.8 Å². The van der Waals surface area contributed by atoms with Crippen LogP contribution in [0.2, 0.25) is 0 Å². The van der Waals surface area contributed by atoms with E-state index in [2.05, 4.69) is 79.5 Å². The molecule has 2 aromatic rings. The molecule has 0 aromatic heterocycles. The monoisotopic (exact) mass is 381 g/mol. The van der Waals surface area contributed by atoms with Crippen LogP contribution < -0.4 is 15.0 Å². The van der Waals surface area contributed by atoms with Crippen molar-refractivity contribution in [1.82, 2.24) is 4.90 Å². The van der Waals surface area contributed by atoms with Crippen LogP contribution in [0.3, 0.4) is 0 Å². The Hall–Kier alpha value is -2.20. The second kappa shape index (κ2) is 9.33. The van der Waals surface area contributed by atoms with Crippen molar-refractivity contribution in [2.45, 2.75) is 45.6 Å². The van der Waals surface area contributed by atoms with Crippen LogP contribution in [0.5, 0.6) is 5.75 Å². The first kappa shape index (κ1) is 20.5. The second-order valence-electron chi connectivity index (χ2n) is 7.85. The van der Waals surface area contributed by atoms with E-state index in [0.29, 0.717) is 6.04 Å². The summed E-state index contributed by atoms with van der Waals surface area (Å²) in [4.78, 5) is 4.82. The van der Waals surface area contributed by atoms with Crippen molar-refractivity contribution in [2.24, 2.45) is 0 Å². The molecule has 0 amide bonds. The zero-order valence-corrected chi connectivity index (χ0v) is 18.1. The van der Waals surface area contributed by atoms with E-state index in [0.717, 1.165) is 37.4 Å². The Morgan fingerprint density at radius 3 is 2.21 bits per heavy atom. The lowest BCUT2D eigenvalue weighted by molar-refractivity contribution is 0.249. The smallest absolute Gasteiger partial charge is 0.144 e. The van der Waals surface area contributed by atoms with Crippen molar-refractivity contribution >= 4 is 17.1 Å². The van der Waals surface area contributed by atoms with Gasteiger partial charge in [0.15, 0.2) is 0 Å². The van der Waals surface area contributed by atoms with Crippen LogP contribution in [0, 0.1) is 0 Å². The van der Waals surface area contributed by atoms with E-state index in [-0.39, 0.29) is 0 Å². The molecule has 1 saturated heterocycles. The summed E-state index contributed by atoms with van der Waals surface area (Å²) in [5.41, 5.74) is 6.20. The summed E-state index contributed by atoms with van der Waals surface area (Å²) in [7, 11) is 6.13. The van der Waals surface area contributed by atoms with Gasteiger partial charge in [0.1, 0.15) is 5.75 Å². The molecule has 0 spiro atoms. The van der Waals surface area contributed by atoms with Gasteiger partial charge in [0.05, 0.1) is 12.8 Å². The van der Waals surface area contributed by atoms with Gasteiger partial charge < -0.3 is 19.9 Å². The third kappa shape index (κ3) is 4.44. The SMILES string of the molecule is CCc1cccc(CC)c1Nc1ccc(N2CCC(N(C)C)CC2)cc1OC. The zero-order chi connectivity index (χ0) is 20.1. The number of piperidine rings is 1. The third-order valence-corrected chi connectivity index (χ3v) is 6.00. The Morgan fingerprint density at radius 2 is 1.68 bits per heavy atom. The minimum atomic E-state index is 0.692. The van der Waals surface area contributed by atoms with Gasteiger partial charge in [-0.1, -0.05) is 32.0 Å². The number of hydrogen-bond donors (Lipinski definition) is 1. The standard InChI is InChI=1S/C24H35N3O/c1-6-18-9-8-10-19(7-2)24(18)25-22-12-11-21(17-23(22)28-5)27-15-13-20(14-16-27)26(3)4/h8-12,17,20,25H,6-7,13-16H2,1-5H3. The van der Waals surface area contributed by atoms with Crippen molar-refractivity contribution < 1.29 is 4.74 Å². The van der Waals surface area contributed by atoms with Gasteiger partial charge in [0.25, 0.3) is 0 Å². The molecular weight excluding hydrogens is 346 g/mol. The Labute approximate surface area is 170 Å². The van der Waals surface area contributed by atoms with Crippen molar-refractivity contribution in [2.75, 3.05) is 44.5 Å². The van der Waals surface area contributed by atoms with Crippen LogP contribution >= 0.6 is 0 Å². The molecule has 0 bridgehead atoms. The van der Waals surface area contributed by atoms with E-state index >= 15 is 0 Å². The van der Waals surface area contributed by atoms with Gasteiger partial charge in [-0.3, -0.25) is 0 Å². The van der Waals surface area contributed by atoms with E-state index in [1.54, 1.807) is 7.11 Å². The Balaban J connectivity index is 1.82. The molecule has 28 heavy (non-hydrogen) atoms. The first-order valence-corrected chi connectivity index (χ1v) is 10.5. The predicted molar refractivity (Wildman–Crippen MR) is 120 cm³/mol. The number of nitrogens with one attached hydrogen (secondary N) is 1. The van der Waals surface area contributed by atoms with Crippen LogP contribution in [0.25, 0.3) is 0 Å². The fourth-order valence-electron chi connectivity index (χ4n) is 4.16. The number of benzene rings is 2. The number of ether oxygens (including phenoxy) is 1. The van der Waals surface area contributed by atoms with Gasteiger partial charge >= 0.3 is 0 Å². The van der Waals surface area contributed by atoms with E-state index in [1.807, 2.05) is 0 Å². The molecule has 0 unspecified atom stereocenters. The topological polar surface area (TPSA) is 27.7 Å². The number of anilines is 3. The van der Waals surface area contributed by atoms with Gasteiger partial charge in [-0.15, -0.1) is 0 Å². The summed E-state index contributed by atoms with van der Waals surface area (Å²) < 4.78 is 5.76. The van der Waals surface area contributed by atoms with Crippen molar-refractivity contribution in [1.29, 1.82) is 0 Å². The average Bonchev–Trinajstić information content (AvgIpc) is 2.74. The minimum absolute atomic E-state index is 0.692. The summed E-state index contributed by atoms with van der Waals surface area (Å²) in [6.07, 6.45) is 4.44. The molecule has 1 aliphatic heterocycles. The zero-order valence-electron chi connectivity index (χ0n) is 18.1. The molecule has 1 N–H and O–H groups in total. The quantitative estimate of drug-likeness (QED) is 0.723. The van der Waals surface area contributed by atoms with Crippen molar-refractivity contribution in [3.8, 4) is 5.75 Å². The number of hydrogen-bond acceptors (Lipinski definition) is 4. The maximum atomic E-state index is 5.76. The van der Waals surface area contributed by atoms with E-state index in [4.69, 9.17) is 4.74 Å². The molecule has 0 atom stereocenters. The van der Waals surface area contributed by atoms with E-state index in [9.17, 15) is 0 Å². The summed E-state index contributed by atoms with van der Waals surface area (Å²) in [6, 6.07) is 13.8. The van der Waals surface area contributed by atoms with Crippen LogP contribution in [-0.4, -0.2) is 45.2 Å². The molecule has 0 saturated carbocycles. The molecule has 152 valence electrons.